The summed E-state index contributed by atoms with van der Waals surface area (Å²) in [6.45, 7) is 1.72. The number of benzene rings is 1. The van der Waals surface area contributed by atoms with Gasteiger partial charge in [0.05, 0.1) is 11.4 Å². The van der Waals surface area contributed by atoms with Crippen LogP contribution in [0.15, 0.2) is 24.3 Å². The first-order valence-electron chi connectivity index (χ1n) is 7.13. The van der Waals surface area contributed by atoms with E-state index >= 15 is 0 Å². The van der Waals surface area contributed by atoms with Crippen molar-refractivity contribution in [2.75, 3.05) is 43.4 Å². The lowest BCUT2D eigenvalue weighted by Gasteiger charge is -2.35. The predicted octanol–water partition coefficient (Wildman–Crippen LogP) is 1.05. The van der Waals surface area contributed by atoms with Crippen LogP contribution in [-0.2, 0) is 10.0 Å². The lowest BCUT2D eigenvalue weighted by atomic mass is 10.2. The number of aliphatic hydroxyl groups is 1. The molecule has 1 heterocycles. The average Bonchev–Trinajstić information content (AvgIpc) is 2.48. The van der Waals surface area contributed by atoms with Crippen molar-refractivity contribution >= 4 is 15.7 Å². The van der Waals surface area contributed by atoms with E-state index < -0.39 is 10.0 Å². The molecule has 0 radical (unpaired) electrons. The molecule has 0 bridgehead atoms. The number of aliphatic hydroxyl groups excluding tert-OH is 1. The van der Waals surface area contributed by atoms with Crippen molar-refractivity contribution in [1.29, 1.82) is 0 Å². The minimum absolute atomic E-state index is 0.0105. The number of hydrogen-bond acceptors (Lipinski definition) is 4. The van der Waals surface area contributed by atoms with Crippen LogP contribution in [0.1, 0.15) is 12.8 Å². The number of hydrogen-bond donors (Lipinski definition) is 1. The summed E-state index contributed by atoms with van der Waals surface area (Å²) >= 11 is 0. The highest BCUT2D eigenvalue weighted by atomic mass is 32.2. The summed E-state index contributed by atoms with van der Waals surface area (Å²) in [5, 5.41) is 8.71. The number of anilines is 1. The number of rotatable bonds is 6. The Morgan fingerprint density at radius 1 is 1.10 bits per heavy atom. The highest BCUT2D eigenvalue weighted by Crippen LogP contribution is 2.21. The first kappa shape index (κ1) is 16.2. The molecule has 1 aromatic carbocycles. The lowest BCUT2D eigenvalue weighted by molar-refractivity contribution is 0.286. The van der Waals surface area contributed by atoms with E-state index in [4.69, 9.17) is 5.11 Å². The molecule has 0 saturated carbocycles. The van der Waals surface area contributed by atoms with Gasteiger partial charge < -0.3 is 10.0 Å². The van der Waals surface area contributed by atoms with Crippen LogP contribution in [0, 0.1) is 5.82 Å². The number of para-hydroxylation sites is 1. The topological polar surface area (TPSA) is 60.9 Å². The summed E-state index contributed by atoms with van der Waals surface area (Å²) in [5.41, 5.74) is 0.523. The maximum Gasteiger partial charge on any atom is 0.214 e. The van der Waals surface area contributed by atoms with Gasteiger partial charge in [-0.25, -0.2) is 12.8 Å². The molecule has 1 aliphatic heterocycles. The number of piperazine rings is 1. The number of sulfonamides is 1. The zero-order chi connectivity index (χ0) is 15.3. The Morgan fingerprint density at radius 3 is 2.38 bits per heavy atom. The first-order valence-corrected chi connectivity index (χ1v) is 8.73. The summed E-state index contributed by atoms with van der Waals surface area (Å²) in [7, 11) is -3.27. The Hall–Kier alpha value is -1.18. The van der Waals surface area contributed by atoms with E-state index in [1.54, 1.807) is 18.2 Å². The molecule has 0 atom stereocenters. The summed E-state index contributed by atoms with van der Waals surface area (Å²) in [6, 6.07) is 6.53. The molecule has 5 nitrogen and oxygen atoms in total. The fraction of sp³-hybridized carbons (Fsp3) is 0.571. The number of halogens is 1. The number of unbranched alkanes of at least 4 members (excludes halogenated alkanes) is 1. The van der Waals surface area contributed by atoms with E-state index in [9.17, 15) is 12.8 Å². The smallest absolute Gasteiger partial charge is 0.214 e. The molecular weight excluding hydrogens is 295 g/mol. The maximum absolute atomic E-state index is 13.7. The van der Waals surface area contributed by atoms with Crippen molar-refractivity contribution in [3.8, 4) is 0 Å². The molecule has 0 spiro atoms. The molecule has 1 aromatic rings. The Morgan fingerprint density at radius 2 is 1.76 bits per heavy atom. The van der Waals surface area contributed by atoms with Gasteiger partial charge in [-0.15, -0.1) is 0 Å². The van der Waals surface area contributed by atoms with Crippen molar-refractivity contribution in [3.05, 3.63) is 30.1 Å². The molecule has 1 aliphatic rings. The fourth-order valence-corrected chi connectivity index (χ4v) is 3.99. The predicted molar refractivity (Wildman–Crippen MR) is 80.3 cm³/mol. The molecule has 1 saturated heterocycles. The van der Waals surface area contributed by atoms with Crippen LogP contribution in [0.4, 0.5) is 10.1 Å². The van der Waals surface area contributed by atoms with Gasteiger partial charge in [0.2, 0.25) is 10.0 Å². The van der Waals surface area contributed by atoms with Gasteiger partial charge in [-0.2, -0.15) is 4.31 Å². The molecular formula is C14H21FN2O3S. The zero-order valence-corrected chi connectivity index (χ0v) is 12.7. The summed E-state index contributed by atoms with van der Waals surface area (Å²) in [6.07, 6.45) is 0.959. The highest BCUT2D eigenvalue weighted by Gasteiger charge is 2.27. The van der Waals surface area contributed by atoms with Crippen molar-refractivity contribution in [2.45, 2.75) is 12.8 Å². The second-order valence-corrected chi connectivity index (χ2v) is 7.17. The van der Waals surface area contributed by atoms with E-state index in [0.29, 0.717) is 44.7 Å². The molecule has 1 N–H and O–H groups in total. The summed E-state index contributed by atoms with van der Waals surface area (Å²) in [5.74, 6) is -0.218. The van der Waals surface area contributed by atoms with E-state index in [2.05, 4.69) is 0 Å². The Labute approximate surface area is 125 Å². The molecule has 21 heavy (non-hydrogen) atoms. The van der Waals surface area contributed by atoms with Crippen molar-refractivity contribution in [1.82, 2.24) is 4.31 Å². The summed E-state index contributed by atoms with van der Waals surface area (Å²) < 4.78 is 39.4. The Bertz CT molecular complexity index is 557. The molecule has 0 aromatic heterocycles. The molecule has 7 heteroatoms. The average molecular weight is 316 g/mol. The summed E-state index contributed by atoms with van der Waals surface area (Å²) in [4.78, 5) is 1.87. The molecule has 118 valence electrons. The van der Waals surface area contributed by atoms with Gasteiger partial charge >= 0.3 is 0 Å². The quantitative estimate of drug-likeness (QED) is 0.797. The Kier molecular flexibility index (Phi) is 5.55. The molecule has 0 aliphatic carbocycles. The van der Waals surface area contributed by atoms with Crippen LogP contribution >= 0.6 is 0 Å². The van der Waals surface area contributed by atoms with Gasteiger partial charge in [-0.1, -0.05) is 12.1 Å². The first-order chi connectivity index (χ1) is 10.0. The molecule has 0 amide bonds. The van der Waals surface area contributed by atoms with E-state index in [0.717, 1.165) is 0 Å². The molecule has 0 unspecified atom stereocenters. The third-order valence-corrected chi connectivity index (χ3v) is 5.59. The normalized spacial score (nSPS) is 17.1. The van der Waals surface area contributed by atoms with Crippen LogP contribution in [0.2, 0.25) is 0 Å². The minimum Gasteiger partial charge on any atom is -0.396 e. The second kappa shape index (κ2) is 7.20. The third kappa shape index (κ3) is 4.15. The number of nitrogens with zero attached hydrogens (tertiary/aromatic N) is 2. The van der Waals surface area contributed by atoms with Gasteiger partial charge in [0.25, 0.3) is 0 Å². The van der Waals surface area contributed by atoms with Crippen LogP contribution in [0.5, 0.6) is 0 Å². The van der Waals surface area contributed by atoms with Crippen molar-refractivity contribution in [3.63, 3.8) is 0 Å². The van der Waals surface area contributed by atoms with Gasteiger partial charge in [0.15, 0.2) is 0 Å². The van der Waals surface area contributed by atoms with E-state index in [-0.39, 0.29) is 18.2 Å². The monoisotopic (exact) mass is 316 g/mol. The van der Waals surface area contributed by atoms with Crippen LogP contribution in [0.3, 0.4) is 0 Å². The minimum atomic E-state index is -3.27. The lowest BCUT2D eigenvalue weighted by Crippen LogP contribution is -2.49. The van der Waals surface area contributed by atoms with Gasteiger partial charge in [0, 0.05) is 32.8 Å². The van der Waals surface area contributed by atoms with Crippen LogP contribution in [-0.4, -0.2) is 56.4 Å². The largest absolute Gasteiger partial charge is 0.396 e. The van der Waals surface area contributed by atoms with Crippen LogP contribution in [0.25, 0.3) is 0 Å². The fourth-order valence-electron chi connectivity index (χ4n) is 2.44. The Balaban J connectivity index is 1.93. The SMILES string of the molecule is O=S(=O)(CCCCO)N1CCN(c2ccccc2F)CC1. The highest BCUT2D eigenvalue weighted by molar-refractivity contribution is 7.89. The van der Waals surface area contributed by atoms with Crippen molar-refractivity contribution < 1.29 is 17.9 Å². The third-order valence-electron chi connectivity index (χ3n) is 3.64. The van der Waals surface area contributed by atoms with Crippen molar-refractivity contribution in [2.24, 2.45) is 0 Å². The molecule has 1 fully saturated rings. The van der Waals surface area contributed by atoms with E-state index in [1.165, 1.54) is 10.4 Å². The van der Waals surface area contributed by atoms with Gasteiger partial charge in [-0.3, -0.25) is 0 Å². The van der Waals surface area contributed by atoms with E-state index in [1.807, 2.05) is 4.90 Å². The van der Waals surface area contributed by atoms with Crippen LogP contribution < -0.4 is 4.90 Å². The zero-order valence-electron chi connectivity index (χ0n) is 11.9. The standard InChI is InChI=1S/C14H21FN2O3S/c15-13-5-1-2-6-14(13)16-7-9-17(10-8-16)21(19,20)12-4-3-11-18/h1-2,5-6,18H,3-4,7-12H2. The van der Waals surface area contributed by atoms with Gasteiger partial charge in [-0.05, 0) is 25.0 Å². The second-order valence-electron chi connectivity index (χ2n) is 5.08. The van der Waals surface area contributed by atoms with Gasteiger partial charge in [0.1, 0.15) is 5.82 Å². The molecule has 2 rings (SSSR count). The maximum atomic E-state index is 13.7.